The standard InChI is InChI=1S/C34H36N4O2S/c1-21-20-41-30-12-11-24(16-27(21)30)28-17-26(18-29-32(28)37-15-14-36-29)38-31(25-6-5-13-35-19-25)22-7-9-23(10-8-22)33(39)40-34(2,3)4/h5-6,11-20,22-23,31,38H,7-10H2,1-4H3. The third-order valence-corrected chi connectivity index (χ3v) is 9.08. The van der Waals surface area contributed by atoms with Gasteiger partial charge < -0.3 is 10.1 Å². The van der Waals surface area contributed by atoms with E-state index in [9.17, 15) is 4.79 Å². The van der Waals surface area contributed by atoms with Gasteiger partial charge in [0.25, 0.3) is 0 Å². The minimum atomic E-state index is -0.461. The molecule has 3 heterocycles. The van der Waals surface area contributed by atoms with E-state index in [1.807, 2.05) is 39.2 Å². The number of ether oxygens (including phenoxy) is 1. The fourth-order valence-electron chi connectivity index (χ4n) is 5.99. The quantitative estimate of drug-likeness (QED) is 0.208. The van der Waals surface area contributed by atoms with E-state index in [1.54, 1.807) is 23.7 Å². The largest absolute Gasteiger partial charge is 0.460 e. The lowest BCUT2D eigenvalue weighted by molar-refractivity contribution is -0.161. The normalized spacial score (nSPS) is 18.3. The van der Waals surface area contributed by atoms with Crippen molar-refractivity contribution in [2.75, 3.05) is 5.32 Å². The van der Waals surface area contributed by atoms with Gasteiger partial charge in [-0.2, -0.15) is 0 Å². The highest BCUT2D eigenvalue weighted by Crippen LogP contribution is 2.41. The molecular weight excluding hydrogens is 528 g/mol. The smallest absolute Gasteiger partial charge is 0.309 e. The maximum Gasteiger partial charge on any atom is 0.309 e. The van der Waals surface area contributed by atoms with Crippen LogP contribution in [0.4, 0.5) is 5.69 Å². The minimum Gasteiger partial charge on any atom is -0.460 e. The van der Waals surface area contributed by atoms with Gasteiger partial charge >= 0.3 is 5.97 Å². The van der Waals surface area contributed by atoms with Crippen LogP contribution in [-0.4, -0.2) is 26.5 Å². The summed E-state index contributed by atoms with van der Waals surface area (Å²) in [4.78, 5) is 26.6. The molecule has 1 aliphatic rings. The number of nitrogens with one attached hydrogen (secondary N) is 1. The Kier molecular flexibility index (Phi) is 7.47. The molecular formula is C34H36N4O2S. The Balaban J connectivity index is 1.33. The summed E-state index contributed by atoms with van der Waals surface area (Å²) in [5.41, 5.74) is 6.90. The molecule has 6 rings (SSSR count). The molecule has 1 fully saturated rings. The van der Waals surface area contributed by atoms with E-state index in [4.69, 9.17) is 9.72 Å². The maximum atomic E-state index is 12.8. The first kappa shape index (κ1) is 27.3. The van der Waals surface area contributed by atoms with E-state index in [1.165, 1.54) is 15.6 Å². The summed E-state index contributed by atoms with van der Waals surface area (Å²) in [7, 11) is 0. The van der Waals surface area contributed by atoms with E-state index in [0.29, 0.717) is 5.92 Å². The number of hydrogen-bond donors (Lipinski definition) is 1. The molecule has 1 unspecified atom stereocenters. The van der Waals surface area contributed by atoms with Crippen molar-refractivity contribution in [2.45, 2.75) is 65.0 Å². The van der Waals surface area contributed by atoms with Gasteiger partial charge in [0.05, 0.1) is 23.0 Å². The summed E-state index contributed by atoms with van der Waals surface area (Å²) >= 11 is 1.78. The number of thiophene rings is 1. The van der Waals surface area contributed by atoms with Gasteiger partial charge in [-0.1, -0.05) is 12.1 Å². The van der Waals surface area contributed by atoms with E-state index in [2.05, 4.69) is 64.0 Å². The van der Waals surface area contributed by atoms with Crippen molar-refractivity contribution in [3.8, 4) is 11.1 Å². The zero-order valence-electron chi connectivity index (χ0n) is 24.1. The molecule has 1 atom stereocenters. The van der Waals surface area contributed by atoms with Gasteiger partial charge in [0, 0.05) is 40.7 Å². The third-order valence-electron chi connectivity index (χ3n) is 8.00. The maximum absolute atomic E-state index is 12.8. The lowest BCUT2D eigenvalue weighted by Gasteiger charge is -2.35. The fourth-order valence-corrected chi connectivity index (χ4v) is 6.91. The van der Waals surface area contributed by atoms with Gasteiger partial charge in [0.1, 0.15) is 5.60 Å². The number of nitrogens with zero attached hydrogens (tertiary/aromatic N) is 3. The molecule has 0 saturated heterocycles. The summed E-state index contributed by atoms with van der Waals surface area (Å²) in [5, 5.41) is 7.36. The van der Waals surface area contributed by atoms with Gasteiger partial charge in [-0.15, -0.1) is 11.3 Å². The molecule has 6 nitrogen and oxygen atoms in total. The van der Waals surface area contributed by atoms with Crippen LogP contribution < -0.4 is 5.32 Å². The predicted octanol–water partition coefficient (Wildman–Crippen LogP) is 8.52. The molecule has 0 bridgehead atoms. The van der Waals surface area contributed by atoms with Crippen LogP contribution in [0.15, 0.2) is 72.6 Å². The molecule has 0 amide bonds. The summed E-state index contributed by atoms with van der Waals surface area (Å²) in [5.74, 6) is 0.235. The average Bonchev–Trinajstić information content (AvgIpc) is 3.35. The SMILES string of the molecule is Cc1csc2ccc(-c3cc(NC(c4cccnc4)C4CCC(C(=O)OC(C)(C)C)CC4)cc4nccnc34)cc12. The van der Waals surface area contributed by atoms with E-state index >= 15 is 0 Å². The van der Waals surface area contributed by atoms with Crippen LogP contribution in [0, 0.1) is 18.8 Å². The molecule has 210 valence electrons. The van der Waals surface area contributed by atoms with Crippen LogP contribution in [-0.2, 0) is 9.53 Å². The van der Waals surface area contributed by atoms with Crippen molar-refractivity contribution in [3.05, 3.63) is 83.8 Å². The van der Waals surface area contributed by atoms with Crippen LogP contribution in [0.1, 0.15) is 63.6 Å². The summed E-state index contributed by atoms with van der Waals surface area (Å²) in [6.07, 6.45) is 10.8. The van der Waals surface area contributed by atoms with Crippen LogP contribution in [0.3, 0.4) is 0 Å². The van der Waals surface area contributed by atoms with Crippen molar-refractivity contribution < 1.29 is 9.53 Å². The van der Waals surface area contributed by atoms with Crippen LogP contribution >= 0.6 is 11.3 Å². The first-order valence-electron chi connectivity index (χ1n) is 14.4. The van der Waals surface area contributed by atoms with Crippen LogP contribution in [0.25, 0.3) is 32.2 Å². The number of esters is 1. The molecule has 3 aromatic heterocycles. The third kappa shape index (κ3) is 5.96. The lowest BCUT2D eigenvalue weighted by Crippen LogP contribution is -2.33. The Labute approximate surface area is 245 Å². The number of carbonyl (C=O) groups is 1. The number of fused-ring (bicyclic) bond motifs is 2. The Morgan fingerprint density at radius 1 is 1.02 bits per heavy atom. The van der Waals surface area contributed by atoms with Gasteiger partial charge in [-0.25, -0.2) is 0 Å². The summed E-state index contributed by atoms with van der Waals surface area (Å²) in [6, 6.07) is 15.1. The number of benzene rings is 2. The van der Waals surface area contributed by atoms with Crippen molar-refractivity contribution in [1.29, 1.82) is 0 Å². The summed E-state index contributed by atoms with van der Waals surface area (Å²) < 4.78 is 6.99. The van der Waals surface area contributed by atoms with Crippen LogP contribution in [0.5, 0.6) is 0 Å². The molecule has 5 aromatic rings. The van der Waals surface area contributed by atoms with Gasteiger partial charge in [-0.05, 0) is 117 Å². The predicted molar refractivity (Wildman–Crippen MR) is 167 cm³/mol. The molecule has 2 aromatic carbocycles. The number of aryl methyl sites for hydroxylation is 1. The molecule has 7 heteroatoms. The van der Waals surface area contributed by atoms with Gasteiger partial charge in [0.15, 0.2) is 0 Å². The molecule has 1 saturated carbocycles. The zero-order valence-corrected chi connectivity index (χ0v) is 24.9. The number of anilines is 1. The molecule has 0 radical (unpaired) electrons. The van der Waals surface area contributed by atoms with Crippen molar-refractivity contribution in [2.24, 2.45) is 11.8 Å². The molecule has 1 aliphatic carbocycles. The highest BCUT2D eigenvalue weighted by atomic mass is 32.1. The Hall–Kier alpha value is -3.84. The topological polar surface area (TPSA) is 77.0 Å². The van der Waals surface area contributed by atoms with Crippen molar-refractivity contribution in [1.82, 2.24) is 15.0 Å². The molecule has 1 N–H and O–H groups in total. The average molecular weight is 565 g/mol. The number of pyridine rings is 1. The van der Waals surface area contributed by atoms with Gasteiger partial charge in [-0.3, -0.25) is 19.7 Å². The van der Waals surface area contributed by atoms with E-state index in [-0.39, 0.29) is 17.9 Å². The Morgan fingerprint density at radius 3 is 2.59 bits per heavy atom. The monoisotopic (exact) mass is 564 g/mol. The first-order chi connectivity index (χ1) is 19.7. The van der Waals surface area contributed by atoms with E-state index in [0.717, 1.165) is 59.1 Å². The molecule has 0 aliphatic heterocycles. The Bertz CT molecular complexity index is 1680. The second-order valence-corrected chi connectivity index (χ2v) is 13.0. The Morgan fingerprint density at radius 2 is 1.83 bits per heavy atom. The highest BCUT2D eigenvalue weighted by Gasteiger charge is 2.34. The van der Waals surface area contributed by atoms with Crippen molar-refractivity contribution in [3.63, 3.8) is 0 Å². The van der Waals surface area contributed by atoms with Crippen LogP contribution in [0.2, 0.25) is 0 Å². The lowest BCUT2D eigenvalue weighted by atomic mass is 9.76. The zero-order chi connectivity index (χ0) is 28.6. The first-order valence-corrected chi connectivity index (χ1v) is 15.3. The highest BCUT2D eigenvalue weighted by molar-refractivity contribution is 7.17. The fraction of sp³-hybridized carbons (Fsp3) is 0.353. The number of hydrogen-bond acceptors (Lipinski definition) is 7. The molecule has 0 spiro atoms. The summed E-state index contributed by atoms with van der Waals surface area (Å²) in [6.45, 7) is 7.95. The van der Waals surface area contributed by atoms with Gasteiger partial charge in [0.2, 0.25) is 0 Å². The minimum absolute atomic E-state index is 0.0435. The number of aromatic nitrogens is 3. The van der Waals surface area contributed by atoms with Crippen molar-refractivity contribution >= 4 is 44.1 Å². The van der Waals surface area contributed by atoms with E-state index < -0.39 is 5.60 Å². The number of carbonyl (C=O) groups excluding carboxylic acids is 1. The second kappa shape index (κ2) is 11.2. The second-order valence-electron chi connectivity index (χ2n) is 12.1. The molecule has 41 heavy (non-hydrogen) atoms. The number of rotatable bonds is 6.